The monoisotopic (exact) mass is 247 g/mol. The lowest BCUT2D eigenvalue weighted by Gasteiger charge is -2.33. The van der Waals surface area contributed by atoms with E-state index in [4.69, 9.17) is 11.6 Å². The van der Waals surface area contributed by atoms with Gasteiger partial charge in [0.1, 0.15) is 5.02 Å². The summed E-state index contributed by atoms with van der Waals surface area (Å²) in [7, 11) is 0. The van der Waals surface area contributed by atoms with Crippen molar-refractivity contribution in [3.05, 3.63) is 20.8 Å². The molecule has 1 rings (SSSR count). The number of hydrogen-bond acceptors (Lipinski definition) is 2. The molecule has 0 aliphatic rings. The molecule has 0 saturated heterocycles. The van der Waals surface area contributed by atoms with Crippen LogP contribution in [0.4, 0.5) is 0 Å². The van der Waals surface area contributed by atoms with E-state index in [1.807, 2.05) is 3.96 Å². The minimum atomic E-state index is -0.0603. The molecule has 0 radical (unpaired) electrons. The van der Waals surface area contributed by atoms with Crippen molar-refractivity contribution < 1.29 is 0 Å². The zero-order valence-electron chi connectivity index (χ0n) is 9.93. The average molecular weight is 248 g/mol. The number of aromatic nitrogens is 1. The van der Waals surface area contributed by atoms with Gasteiger partial charge in [-0.2, -0.15) is 0 Å². The van der Waals surface area contributed by atoms with Crippen LogP contribution in [0.15, 0.2) is 11.0 Å². The Balaban J connectivity index is 3.00. The summed E-state index contributed by atoms with van der Waals surface area (Å²) in [5.74, 6) is 0. The van der Waals surface area contributed by atoms with Crippen molar-refractivity contribution in [2.45, 2.75) is 46.6 Å². The van der Waals surface area contributed by atoms with Gasteiger partial charge in [-0.15, -0.1) is 0 Å². The molecule has 0 bridgehead atoms. The van der Waals surface area contributed by atoms with Gasteiger partial charge in [0.25, 0.3) is 4.74 Å². The molecule has 86 valence electrons. The molecule has 0 amide bonds. The van der Waals surface area contributed by atoms with Crippen LogP contribution in [0.25, 0.3) is 0 Å². The maximum Gasteiger partial charge on any atom is 0.268 e. The van der Waals surface area contributed by atoms with Crippen molar-refractivity contribution in [2.24, 2.45) is 5.41 Å². The van der Waals surface area contributed by atoms with Gasteiger partial charge in [0.2, 0.25) is 0 Å². The SMILES string of the molecule is CC(C)(C)CC(C)(C)n1cc(Cl)c(=O)s1. The third kappa shape index (κ3) is 3.35. The van der Waals surface area contributed by atoms with E-state index in [0.29, 0.717) is 5.02 Å². The summed E-state index contributed by atoms with van der Waals surface area (Å²) < 4.78 is 1.90. The van der Waals surface area contributed by atoms with E-state index in [1.165, 1.54) is 11.5 Å². The minimum absolute atomic E-state index is 0.0568. The van der Waals surface area contributed by atoms with Crippen LogP contribution in [0.2, 0.25) is 5.02 Å². The van der Waals surface area contributed by atoms with E-state index < -0.39 is 0 Å². The van der Waals surface area contributed by atoms with Crippen molar-refractivity contribution in [1.29, 1.82) is 0 Å². The van der Waals surface area contributed by atoms with E-state index in [9.17, 15) is 4.79 Å². The van der Waals surface area contributed by atoms with Crippen LogP contribution in [0, 0.1) is 5.41 Å². The van der Waals surface area contributed by atoms with E-state index in [2.05, 4.69) is 34.6 Å². The standard InChI is InChI=1S/C11H18ClNOS/c1-10(2,3)7-11(4,5)13-6-8(12)9(14)15-13/h6H,7H2,1-5H3. The van der Waals surface area contributed by atoms with Gasteiger partial charge in [0.05, 0.1) is 0 Å². The first kappa shape index (κ1) is 12.8. The van der Waals surface area contributed by atoms with Gasteiger partial charge in [-0.3, -0.25) is 8.75 Å². The lowest BCUT2D eigenvalue weighted by Crippen LogP contribution is -2.29. The molecule has 15 heavy (non-hydrogen) atoms. The Kier molecular flexibility index (Phi) is 3.36. The molecule has 1 heterocycles. The molecule has 0 aliphatic carbocycles. The molecular formula is C11H18ClNOS. The molecule has 0 aliphatic heterocycles. The minimum Gasteiger partial charge on any atom is -0.295 e. The summed E-state index contributed by atoms with van der Waals surface area (Å²) in [5.41, 5.74) is 0.172. The Morgan fingerprint density at radius 1 is 1.33 bits per heavy atom. The molecule has 0 spiro atoms. The highest BCUT2D eigenvalue weighted by Gasteiger charge is 2.28. The second-order valence-electron chi connectivity index (χ2n) is 5.73. The average Bonchev–Trinajstić information content (AvgIpc) is 2.27. The first-order valence-electron chi connectivity index (χ1n) is 5.01. The molecule has 1 aromatic rings. The lowest BCUT2D eigenvalue weighted by molar-refractivity contribution is 0.227. The molecule has 2 nitrogen and oxygen atoms in total. The molecule has 0 aromatic carbocycles. The zero-order valence-corrected chi connectivity index (χ0v) is 11.5. The maximum absolute atomic E-state index is 11.3. The van der Waals surface area contributed by atoms with Crippen LogP contribution in [0.3, 0.4) is 0 Å². The summed E-state index contributed by atoms with van der Waals surface area (Å²) in [6.45, 7) is 10.9. The van der Waals surface area contributed by atoms with Gasteiger partial charge in [0, 0.05) is 11.7 Å². The highest BCUT2D eigenvalue weighted by molar-refractivity contribution is 7.04. The quantitative estimate of drug-likeness (QED) is 0.781. The van der Waals surface area contributed by atoms with E-state index in [0.717, 1.165) is 6.42 Å². The van der Waals surface area contributed by atoms with Crippen molar-refractivity contribution in [2.75, 3.05) is 0 Å². The van der Waals surface area contributed by atoms with Gasteiger partial charge in [-0.25, -0.2) is 0 Å². The maximum atomic E-state index is 11.3. The fourth-order valence-corrected chi connectivity index (χ4v) is 3.04. The molecule has 0 N–H and O–H groups in total. The number of nitrogens with zero attached hydrogens (tertiary/aromatic N) is 1. The highest BCUT2D eigenvalue weighted by atomic mass is 35.5. The Bertz CT molecular complexity index is 397. The zero-order chi connectivity index (χ0) is 11.9. The Hall–Kier alpha value is -0.280. The smallest absolute Gasteiger partial charge is 0.268 e. The largest absolute Gasteiger partial charge is 0.295 e. The first-order chi connectivity index (χ1) is 6.62. The molecule has 0 unspecified atom stereocenters. The van der Waals surface area contributed by atoms with Crippen LogP contribution in [0.5, 0.6) is 0 Å². The van der Waals surface area contributed by atoms with Crippen molar-refractivity contribution in [3.63, 3.8) is 0 Å². The van der Waals surface area contributed by atoms with Gasteiger partial charge in [-0.1, -0.05) is 32.4 Å². The number of hydrogen-bond donors (Lipinski definition) is 0. The molecular weight excluding hydrogens is 230 g/mol. The van der Waals surface area contributed by atoms with E-state index in [1.54, 1.807) is 6.20 Å². The molecule has 4 heteroatoms. The number of halogens is 1. The van der Waals surface area contributed by atoms with Gasteiger partial charge in [0.15, 0.2) is 0 Å². The summed E-state index contributed by atoms with van der Waals surface area (Å²) >= 11 is 6.97. The Morgan fingerprint density at radius 3 is 2.20 bits per heavy atom. The fraction of sp³-hybridized carbons (Fsp3) is 0.727. The molecule has 1 aromatic heterocycles. The lowest BCUT2D eigenvalue weighted by atomic mass is 9.82. The predicted octanol–water partition coefficient (Wildman–Crippen LogP) is 3.73. The third-order valence-electron chi connectivity index (χ3n) is 2.17. The summed E-state index contributed by atoms with van der Waals surface area (Å²) in [5, 5.41) is 0.321. The van der Waals surface area contributed by atoms with Crippen LogP contribution < -0.4 is 4.74 Å². The van der Waals surface area contributed by atoms with Crippen molar-refractivity contribution >= 4 is 23.1 Å². The van der Waals surface area contributed by atoms with Crippen LogP contribution in [0.1, 0.15) is 41.0 Å². The van der Waals surface area contributed by atoms with Gasteiger partial charge in [-0.05, 0) is 37.2 Å². The Labute approximate surface area is 100 Å². The van der Waals surface area contributed by atoms with Gasteiger partial charge < -0.3 is 0 Å². The van der Waals surface area contributed by atoms with Crippen LogP contribution in [-0.4, -0.2) is 3.96 Å². The second-order valence-corrected chi connectivity index (χ2v) is 7.09. The highest BCUT2D eigenvalue weighted by Crippen LogP contribution is 2.33. The summed E-state index contributed by atoms with van der Waals surface area (Å²) in [6, 6.07) is 0. The molecule has 0 fully saturated rings. The van der Waals surface area contributed by atoms with Crippen molar-refractivity contribution in [1.82, 2.24) is 3.96 Å². The molecule has 0 saturated carbocycles. The predicted molar refractivity (Wildman–Crippen MR) is 67.0 cm³/mol. The van der Waals surface area contributed by atoms with Crippen molar-refractivity contribution in [3.8, 4) is 0 Å². The van der Waals surface area contributed by atoms with E-state index in [-0.39, 0.29) is 15.7 Å². The summed E-state index contributed by atoms with van der Waals surface area (Å²) in [4.78, 5) is 11.3. The third-order valence-corrected chi connectivity index (χ3v) is 3.73. The summed E-state index contributed by atoms with van der Waals surface area (Å²) in [6.07, 6.45) is 2.74. The topological polar surface area (TPSA) is 22.0 Å². The second kappa shape index (κ2) is 3.95. The van der Waals surface area contributed by atoms with Crippen LogP contribution >= 0.6 is 23.1 Å². The van der Waals surface area contributed by atoms with Gasteiger partial charge >= 0.3 is 0 Å². The van der Waals surface area contributed by atoms with E-state index >= 15 is 0 Å². The normalized spacial score (nSPS) is 13.2. The fourth-order valence-electron chi connectivity index (χ4n) is 1.99. The number of rotatable bonds is 2. The molecule has 0 atom stereocenters. The van der Waals surface area contributed by atoms with Crippen LogP contribution in [-0.2, 0) is 5.54 Å². The Morgan fingerprint density at radius 2 is 1.87 bits per heavy atom. The first-order valence-corrected chi connectivity index (χ1v) is 6.16.